The number of rotatable bonds is 1. The molecule has 0 saturated heterocycles. The van der Waals surface area contributed by atoms with Gasteiger partial charge in [-0.2, -0.15) is 0 Å². The van der Waals surface area contributed by atoms with E-state index in [1.807, 2.05) is 0 Å². The molecule has 3 heteroatoms. The van der Waals surface area contributed by atoms with Gasteiger partial charge in [-0.25, -0.2) is 0 Å². The standard InChI is InChI=1S/C22H32O3/c1-13(23)16-5-6-18-21(3)9-7-14-11-15(24)8-10-20(14,2)19(21)17(25)12-22(16,18)4/h14,16,18-19H,5-12H2,1-4H3. The first-order chi connectivity index (χ1) is 11.6. The van der Waals surface area contributed by atoms with Gasteiger partial charge in [0.15, 0.2) is 0 Å². The van der Waals surface area contributed by atoms with Crippen LogP contribution in [0.1, 0.15) is 79.1 Å². The smallest absolute Gasteiger partial charge is 0.137 e. The molecule has 0 aromatic carbocycles. The van der Waals surface area contributed by atoms with Gasteiger partial charge in [-0.15, -0.1) is 0 Å². The van der Waals surface area contributed by atoms with E-state index in [0.29, 0.717) is 42.7 Å². The van der Waals surface area contributed by atoms with Crippen LogP contribution in [-0.4, -0.2) is 17.3 Å². The molecule has 138 valence electrons. The van der Waals surface area contributed by atoms with Crippen LogP contribution in [0.25, 0.3) is 0 Å². The molecule has 0 amide bonds. The van der Waals surface area contributed by atoms with Crippen molar-refractivity contribution in [2.75, 3.05) is 0 Å². The Morgan fingerprint density at radius 2 is 1.68 bits per heavy atom. The van der Waals surface area contributed by atoms with Crippen molar-refractivity contribution in [1.82, 2.24) is 0 Å². The second-order valence-electron chi connectivity index (χ2n) is 10.4. The fourth-order valence-electron chi connectivity index (χ4n) is 8.24. The topological polar surface area (TPSA) is 51.2 Å². The quantitative estimate of drug-likeness (QED) is 0.709. The van der Waals surface area contributed by atoms with Crippen molar-refractivity contribution in [3.05, 3.63) is 0 Å². The average Bonchev–Trinajstić information content (AvgIpc) is 2.85. The van der Waals surface area contributed by atoms with E-state index in [1.54, 1.807) is 6.92 Å². The molecule has 7 unspecified atom stereocenters. The SMILES string of the molecule is CC(=O)C1CCC2C1(C)CC(=O)C1C3(C)CCC(=O)CC3CCC21C. The number of fused-ring (bicyclic) bond motifs is 5. The molecule has 0 spiro atoms. The number of carbonyl (C=O) groups excluding carboxylic acids is 3. The molecule has 0 aliphatic heterocycles. The van der Waals surface area contributed by atoms with Crippen molar-refractivity contribution in [2.24, 2.45) is 39.9 Å². The number of hydrogen-bond acceptors (Lipinski definition) is 3. The lowest BCUT2D eigenvalue weighted by atomic mass is 9.39. The first-order valence-electron chi connectivity index (χ1n) is 10.2. The van der Waals surface area contributed by atoms with Crippen LogP contribution >= 0.6 is 0 Å². The van der Waals surface area contributed by atoms with E-state index in [2.05, 4.69) is 20.8 Å². The lowest BCUT2D eigenvalue weighted by Gasteiger charge is -2.64. The Labute approximate surface area is 151 Å². The molecule has 0 aromatic heterocycles. The van der Waals surface area contributed by atoms with Crippen LogP contribution in [0.15, 0.2) is 0 Å². The van der Waals surface area contributed by atoms with E-state index in [4.69, 9.17) is 0 Å². The summed E-state index contributed by atoms with van der Waals surface area (Å²) in [6.45, 7) is 8.57. The van der Waals surface area contributed by atoms with Crippen molar-refractivity contribution in [3.8, 4) is 0 Å². The van der Waals surface area contributed by atoms with Gasteiger partial charge in [0.2, 0.25) is 0 Å². The van der Waals surface area contributed by atoms with Crippen molar-refractivity contribution < 1.29 is 14.4 Å². The normalized spacial score (nSPS) is 52.3. The summed E-state index contributed by atoms with van der Waals surface area (Å²) < 4.78 is 0. The number of Topliss-reactive ketones (excluding diaryl/α,β-unsaturated/α-hetero) is 3. The summed E-state index contributed by atoms with van der Waals surface area (Å²) in [7, 11) is 0. The van der Waals surface area contributed by atoms with Crippen molar-refractivity contribution >= 4 is 17.3 Å². The summed E-state index contributed by atoms with van der Waals surface area (Å²) >= 11 is 0. The van der Waals surface area contributed by atoms with Gasteiger partial charge in [-0.05, 0) is 67.1 Å². The molecule has 4 rings (SSSR count). The van der Waals surface area contributed by atoms with Crippen molar-refractivity contribution in [1.29, 1.82) is 0 Å². The van der Waals surface area contributed by atoms with E-state index in [9.17, 15) is 14.4 Å². The molecule has 0 bridgehead atoms. The Morgan fingerprint density at radius 3 is 2.36 bits per heavy atom. The Bertz CT molecular complexity index is 652. The molecule has 25 heavy (non-hydrogen) atoms. The highest BCUT2D eigenvalue weighted by atomic mass is 16.1. The lowest BCUT2D eigenvalue weighted by molar-refractivity contribution is -0.180. The zero-order chi connectivity index (χ0) is 18.2. The average molecular weight is 344 g/mol. The van der Waals surface area contributed by atoms with Gasteiger partial charge in [0, 0.05) is 31.1 Å². The summed E-state index contributed by atoms with van der Waals surface area (Å²) in [6.07, 6.45) is 6.91. The summed E-state index contributed by atoms with van der Waals surface area (Å²) in [5.74, 6) is 2.01. The third-order valence-corrected chi connectivity index (χ3v) is 9.20. The number of carbonyl (C=O) groups is 3. The van der Waals surface area contributed by atoms with Gasteiger partial charge in [-0.1, -0.05) is 20.8 Å². The highest BCUT2D eigenvalue weighted by Gasteiger charge is 2.68. The van der Waals surface area contributed by atoms with Gasteiger partial charge in [0.05, 0.1) is 0 Å². The van der Waals surface area contributed by atoms with Crippen LogP contribution in [0.4, 0.5) is 0 Å². The Kier molecular flexibility index (Phi) is 3.67. The summed E-state index contributed by atoms with van der Waals surface area (Å²) in [5.41, 5.74) is -0.171. The maximum Gasteiger partial charge on any atom is 0.137 e. The van der Waals surface area contributed by atoms with Gasteiger partial charge in [-0.3, -0.25) is 14.4 Å². The van der Waals surface area contributed by atoms with Gasteiger partial charge >= 0.3 is 0 Å². The minimum absolute atomic E-state index is 0.0000784. The fraction of sp³-hybridized carbons (Fsp3) is 0.864. The molecule has 4 saturated carbocycles. The molecule has 0 heterocycles. The second-order valence-corrected chi connectivity index (χ2v) is 10.4. The summed E-state index contributed by atoms with van der Waals surface area (Å²) in [6, 6.07) is 0. The largest absolute Gasteiger partial charge is 0.300 e. The zero-order valence-corrected chi connectivity index (χ0v) is 16.2. The highest BCUT2D eigenvalue weighted by Crippen LogP contribution is 2.71. The molecular formula is C22H32O3. The Balaban J connectivity index is 1.76. The third-order valence-electron chi connectivity index (χ3n) is 9.20. The second kappa shape index (κ2) is 5.27. The van der Waals surface area contributed by atoms with Crippen LogP contribution in [0, 0.1) is 39.9 Å². The first kappa shape index (κ1) is 17.4. The predicted molar refractivity (Wildman–Crippen MR) is 95.9 cm³/mol. The van der Waals surface area contributed by atoms with E-state index in [0.717, 1.165) is 32.1 Å². The Hall–Kier alpha value is -0.990. The minimum atomic E-state index is -0.151. The summed E-state index contributed by atoms with van der Waals surface area (Å²) in [5, 5.41) is 0. The van der Waals surface area contributed by atoms with Gasteiger partial charge < -0.3 is 0 Å². The third kappa shape index (κ3) is 2.13. The number of hydrogen-bond donors (Lipinski definition) is 0. The summed E-state index contributed by atoms with van der Waals surface area (Å²) in [4.78, 5) is 37.8. The van der Waals surface area contributed by atoms with Gasteiger partial charge in [0.1, 0.15) is 17.3 Å². The minimum Gasteiger partial charge on any atom is -0.300 e. The molecule has 0 radical (unpaired) electrons. The molecular weight excluding hydrogens is 312 g/mol. The van der Waals surface area contributed by atoms with Crippen LogP contribution in [-0.2, 0) is 14.4 Å². The van der Waals surface area contributed by atoms with Crippen LogP contribution < -0.4 is 0 Å². The van der Waals surface area contributed by atoms with E-state index < -0.39 is 0 Å². The van der Waals surface area contributed by atoms with Crippen LogP contribution in [0.5, 0.6) is 0 Å². The molecule has 4 aliphatic carbocycles. The zero-order valence-electron chi connectivity index (χ0n) is 16.2. The molecule has 3 nitrogen and oxygen atoms in total. The predicted octanol–water partition coefficient (Wildman–Crippen LogP) is 4.37. The monoisotopic (exact) mass is 344 g/mol. The molecule has 4 aliphatic rings. The van der Waals surface area contributed by atoms with Gasteiger partial charge in [0.25, 0.3) is 0 Å². The van der Waals surface area contributed by atoms with Crippen LogP contribution in [0.2, 0.25) is 0 Å². The van der Waals surface area contributed by atoms with Crippen molar-refractivity contribution in [2.45, 2.75) is 79.1 Å². The molecule has 0 aromatic rings. The fourth-order valence-corrected chi connectivity index (χ4v) is 8.24. The lowest BCUT2D eigenvalue weighted by Crippen LogP contribution is -2.62. The number of ketones is 3. The molecule has 0 N–H and O–H groups in total. The van der Waals surface area contributed by atoms with E-state index in [-0.39, 0.29) is 33.9 Å². The van der Waals surface area contributed by atoms with Crippen LogP contribution in [0.3, 0.4) is 0 Å². The van der Waals surface area contributed by atoms with Crippen molar-refractivity contribution in [3.63, 3.8) is 0 Å². The maximum atomic E-state index is 13.5. The molecule has 4 fully saturated rings. The molecule has 7 atom stereocenters. The van der Waals surface area contributed by atoms with E-state index >= 15 is 0 Å². The maximum absolute atomic E-state index is 13.5. The Morgan fingerprint density at radius 1 is 0.960 bits per heavy atom. The van der Waals surface area contributed by atoms with E-state index in [1.165, 1.54) is 0 Å². The first-order valence-corrected chi connectivity index (χ1v) is 10.2. The highest BCUT2D eigenvalue weighted by molar-refractivity contribution is 5.88.